The number of para-hydroxylation sites is 1. The van der Waals surface area contributed by atoms with E-state index < -0.39 is 5.91 Å². The summed E-state index contributed by atoms with van der Waals surface area (Å²) in [7, 11) is 0. The predicted molar refractivity (Wildman–Crippen MR) is 101 cm³/mol. The lowest BCUT2D eigenvalue weighted by Crippen LogP contribution is -2.47. The second-order valence-electron chi connectivity index (χ2n) is 4.65. The quantitative estimate of drug-likeness (QED) is 0.276. The molecule has 0 spiro atoms. The van der Waals surface area contributed by atoms with Gasteiger partial charge in [-0.1, -0.05) is 23.7 Å². The van der Waals surface area contributed by atoms with Crippen molar-refractivity contribution in [3.8, 4) is 5.75 Å². The van der Waals surface area contributed by atoms with Gasteiger partial charge in [0.1, 0.15) is 5.75 Å². The average Bonchev–Trinajstić information content (AvgIpc) is 2.58. The molecule has 126 valence electrons. The zero-order valence-electron chi connectivity index (χ0n) is 12.6. The summed E-state index contributed by atoms with van der Waals surface area (Å²) in [5.41, 5.74) is 5.20. The van der Waals surface area contributed by atoms with E-state index in [0.29, 0.717) is 16.7 Å². The van der Waals surface area contributed by atoms with E-state index >= 15 is 0 Å². The van der Waals surface area contributed by atoms with Crippen molar-refractivity contribution in [2.75, 3.05) is 12.3 Å². The molecule has 0 radical (unpaired) electrons. The van der Waals surface area contributed by atoms with Crippen molar-refractivity contribution in [1.82, 2.24) is 16.2 Å². The van der Waals surface area contributed by atoms with Crippen LogP contribution >= 0.6 is 35.6 Å². The molecule has 0 aliphatic heterocycles. The number of thioether (sulfide) groups is 1. The lowest BCUT2D eigenvalue weighted by Gasteiger charge is -2.12. The molecule has 0 heterocycles. The largest absolute Gasteiger partial charge is 0.507 e. The van der Waals surface area contributed by atoms with Gasteiger partial charge in [-0.2, -0.15) is 0 Å². The van der Waals surface area contributed by atoms with Gasteiger partial charge in [-0.3, -0.25) is 15.6 Å². The number of rotatable bonds is 5. The topological polar surface area (TPSA) is 73.4 Å². The molecule has 0 atom stereocenters. The minimum atomic E-state index is -0.465. The molecule has 2 rings (SSSR count). The van der Waals surface area contributed by atoms with Crippen molar-refractivity contribution >= 4 is 46.6 Å². The Morgan fingerprint density at radius 1 is 1.12 bits per heavy atom. The van der Waals surface area contributed by atoms with E-state index in [4.69, 9.17) is 23.8 Å². The van der Waals surface area contributed by atoms with Crippen molar-refractivity contribution in [3.05, 3.63) is 59.1 Å². The Morgan fingerprint density at radius 3 is 2.54 bits per heavy atom. The first-order valence-electron chi connectivity index (χ1n) is 7.07. The third-order valence-electron chi connectivity index (χ3n) is 2.91. The second-order valence-corrected chi connectivity index (χ2v) is 6.67. The third-order valence-corrected chi connectivity index (χ3v) is 4.42. The Labute approximate surface area is 154 Å². The van der Waals surface area contributed by atoms with Crippen LogP contribution in [-0.2, 0) is 0 Å². The zero-order chi connectivity index (χ0) is 17.4. The number of amides is 1. The first-order valence-corrected chi connectivity index (χ1v) is 8.84. The van der Waals surface area contributed by atoms with Crippen molar-refractivity contribution in [2.24, 2.45) is 0 Å². The fraction of sp³-hybridized carbons (Fsp3) is 0.125. The molecule has 5 nitrogen and oxygen atoms in total. The molecule has 0 fully saturated rings. The van der Waals surface area contributed by atoms with Crippen molar-refractivity contribution in [2.45, 2.75) is 4.90 Å². The van der Waals surface area contributed by atoms with Crippen LogP contribution in [0.2, 0.25) is 5.02 Å². The van der Waals surface area contributed by atoms with Gasteiger partial charge < -0.3 is 10.4 Å². The maximum Gasteiger partial charge on any atom is 0.273 e. The van der Waals surface area contributed by atoms with E-state index in [1.165, 1.54) is 12.1 Å². The van der Waals surface area contributed by atoms with E-state index in [1.54, 1.807) is 23.9 Å². The van der Waals surface area contributed by atoms with Crippen molar-refractivity contribution in [3.63, 3.8) is 0 Å². The van der Waals surface area contributed by atoms with Crippen LogP contribution in [-0.4, -0.2) is 28.4 Å². The number of nitrogens with one attached hydrogen (secondary N) is 3. The molecule has 4 N–H and O–H groups in total. The SMILES string of the molecule is O=C(NNC(=S)NCCSc1ccc(Cl)cc1)c1ccccc1O. The standard InChI is InChI=1S/C16H16ClN3O2S2/c17-11-5-7-12(8-6-11)24-10-9-18-16(23)20-19-15(22)13-3-1-2-4-14(13)21/h1-8,21H,9-10H2,(H,19,22)(H2,18,20,23). The highest BCUT2D eigenvalue weighted by Gasteiger charge is 2.09. The van der Waals surface area contributed by atoms with E-state index in [2.05, 4.69) is 16.2 Å². The molecule has 0 unspecified atom stereocenters. The summed E-state index contributed by atoms with van der Waals surface area (Å²) in [5, 5.41) is 13.6. The van der Waals surface area contributed by atoms with Crippen LogP contribution < -0.4 is 16.2 Å². The molecule has 24 heavy (non-hydrogen) atoms. The number of benzene rings is 2. The van der Waals surface area contributed by atoms with E-state index in [1.807, 2.05) is 24.3 Å². The molecular formula is C16H16ClN3O2S2. The van der Waals surface area contributed by atoms with E-state index in [0.717, 1.165) is 10.6 Å². The minimum absolute atomic E-state index is 0.0879. The summed E-state index contributed by atoms with van der Waals surface area (Å²) in [4.78, 5) is 13.0. The number of halogens is 1. The van der Waals surface area contributed by atoms with Gasteiger partial charge in [0, 0.05) is 22.2 Å². The van der Waals surface area contributed by atoms with E-state index in [9.17, 15) is 9.90 Å². The van der Waals surface area contributed by atoms with Crippen LogP contribution in [0.4, 0.5) is 0 Å². The molecule has 0 aliphatic carbocycles. The summed E-state index contributed by atoms with van der Waals surface area (Å²) in [5.74, 6) is 0.250. The van der Waals surface area contributed by atoms with Crippen LogP contribution in [0, 0.1) is 0 Å². The van der Waals surface area contributed by atoms with Crippen molar-refractivity contribution in [1.29, 1.82) is 0 Å². The molecule has 8 heteroatoms. The van der Waals surface area contributed by atoms with Gasteiger partial charge in [0.2, 0.25) is 0 Å². The van der Waals surface area contributed by atoms with Crippen LogP contribution in [0.25, 0.3) is 0 Å². The summed E-state index contributed by atoms with van der Waals surface area (Å²) in [6.45, 7) is 0.631. The molecule has 0 aliphatic rings. The fourth-order valence-electron chi connectivity index (χ4n) is 1.75. The first-order chi connectivity index (χ1) is 11.6. The van der Waals surface area contributed by atoms with Gasteiger partial charge in [0.05, 0.1) is 5.56 Å². The highest BCUT2D eigenvalue weighted by molar-refractivity contribution is 7.99. The number of phenols is 1. The van der Waals surface area contributed by atoms with E-state index in [-0.39, 0.29) is 11.3 Å². The van der Waals surface area contributed by atoms with Gasteiger partial charge in [0.15, 0.2) is 5.11 Å². The highest BCUT2D eigenvalue weighted by atomic mass is 35.5. The number of hydrogen-bond acceptors (Lipinski definition) is 4. The van der Waals surface area contributed by atoms with Gasteiger partial charge in [-0.25, -0.2) is 0 Å². The van der Waals surface area contributed by atoms with Crippen LogP contribution in [0.15, 0.2) is 53.4 Å². The zero-order valence-corrected chi connectivity index (χ0v) is 15.0. The lowest BCUT2D eigenvalue weighted by molar-refractivity contribution is 0.0941. The van der Waals surface area contributed by atoms with Gasteiger partial charge in [0.25, 0.3) is 5.91 Å². The third kappa shape index (κ3) is 5.92. The molecule has 0 bridgehead atoms. The molecule has 2 aromatic rings. The Bertz CT molecular complexity index is 711. The highest BCUT2D eigenvalue weighted by Crippen LogP contribution is 2.19. The number of hydrazine groups is 1. The van der Waals surface area contributed by atoms with Crippen LogP contribution in [0.5, 0.6) is 5.75 Å². The number of carbonyl (C=O) groups is 1. The average molecular weight is 382 g/mol. The summed E-state index contributed by atoms with van der Waals surface area (Å²) in [6.07, 6.45) is 0. The maximum atomic E-state index is 11.9. The number of carbonyl (C=O) groups excluding carboxylic acids is 1. The number of thiocarbonyl (C=S) groups is 1. The van der Waals surface area contributed by atoms with Crippen LogP contribution in [0.3, 0.4) is 0 Å². The Morgan fingerprint density at radius 2 is 1.83 bits per heavy atom. The number of hydrogen-bond donors (Lipinski definition) is 4. The molecule has 2 aromatic carbocycles. The summed E-state index contributed by atoms with van der Waals surface area (Å²) in [6, 6.07) is 13.9. The Balaban J connectivity index is 1.65. The number of aromatic hydroxyl groups is 1. The van der Waals surface area contributed by atoms with Gasteiger partial charge in [-0.15, -0.1) is 11.8 Å². The maximum absolute atomic E-state index is 11.9. The molecular weight excluding hydrogens is 366 g/mol. The molecule has 0 saturated carbocycles. The van der Waals surface area contributed by atoms with Gasteiger partial charge >= 0.3 is 0 Å². The molecule has 0 saturated heterocycles. The summed E-state index contributed by atoms with van der Waals surface area (Å²) < 4.78 is 0. The smallest absolute Gasteiger partial charge is 0.273 e. The van der Waals surface area contributed by atoms with Crippen LogP contribution in [0.1, 0.15) is 10.4 Å². The monoisotopic (exact) mass is 381 g/mol. The predicted octanol–water partition coefficient (Wildman–Crippen LogP) is 2.95. The fourth-order valence-corrected chi connectivity index (χ4v) is 2.80. The Kier molecular flexibility index (Phi) is 7.17. The number of phenolic OH excluding ortho intramolecular Hbond substituents is 1. The minimum Gasteiger partial charge on any atom is -0.507 e. The lowest BCUT2D eigenvalue weighted by atomic mass is 10.2. The normalized spacial score (nSPS) is 10.0. The Hall–Kier alpha value is -1.96. The second kappa shape index (κ2) is 9.36. The van der Waals surface area contributed by atoms with Crippen molar-refractivity contribution < 1.29 is 9.90 Å². The molecule has 1 amide bonds. The summed E-state index contributed by atoms with van der Waals surface area (Å²) >= 11 is 12.6. The van der Waals surface area contributed by atoms with Gasteiger partial charge in [-0.05, 0) is 48.6 Å². The molecule has 0 aromatic heterocycles. The first kappa shape index (κ1) is 18.4.